The number of hydrogen-bond acceptors (Lipinski definition) is 5. The van der Waals surface area contributed by atoms with Crippen LogP contribution in [0, 0.1) is 5.82 Å². The van der Waals surface area contributed by atoms with E-state index in [4.69, 9.17) is 16.3 Å². The fourth-order valence-electron chi connectivity index (χ4n) is 2.46. The molecule has 0 bridgehead atoms. The molecule has 0 spiro atoms. The normalized spacial score (nSPS) is 11.2. The molecule has 0 aliphatic heterocycles. The number of nitrogens with one attached hydrogen (secondary N) is 1. The van der Waals surface area contributed by atoms with Gasteiger partial charge in [0, 0.05) is 34.3 Å². The highest BCUT2D eigenvalue weighted by molar-refractivity contribution is 7.19. The summed E-state index contributed by atoms with van der Waals surface area (Å²) in [5.74, 6) is -0.819. The summed E-state index contributed by atoms with van der Waals surface area (Å²) in [7, 11) is 1.62. The summed E-state index contributed by atoms with van der Waals surface area (Å²) in [5, 5.41) is 3.78. The molecule has 3 aromatic rings. The Morgan fingerprint density at radius 2 is 2.18 bits per heavy atom. The zero-order valence-electron chi connectivity index (χ0n) is 14.8. The molecule has 8 heteroatoms. The van der Waals surface area contributed by atoms with E-state index in [1.54, 1.807) is 25.2 Å². The first-order valence-electron chi connectivity index (χ1n) is 8.09. The summed E-state index contributed by atoms with van der Waals surface area (Å²) in [6.07, 6.45) is 3.66. The smallest absolute Gasteiger partial charge is 0.259 e. The van der Waals surface area contributed by atoms with Gasteiger partial charge in [-0.3, -0.25) is 14.8 Å². The zero-order chi connectivity index (χ0) is 20.1. The van der Waals surface area contributed by atoms with Gasteiger partial charge in [-0.15, -0.1) is 11.3 Å². The van der Waals surface area contributed by atoms with Crippen molar-refractivity contribution in [3.05, 3.63) is 83.6 Å². The Hall–Kier alpha value is -3.03. The number of thiophene rings is 1. The maximum atomic E-state index is 13.7. The van der Waals surface area contributed by atoms with E-state index >= 15 is 0 Å². The van der Waals surface area contributed by atoms with Crippen molar-refractivity contribution in [1.82, 2.24) is 4.98 Å². The van der Waals surface area contributed by atoms with E-state index in [2.05, 4.69) is 21.9 Å². The molecule has 0 saturated carbocycles. The molecule has 0 aliphatic carbocycles. The molecule has 2 aromatic heterocycles. The molecule has 0 saturated heterocycles. The Morgan fingerprint density at radius 1 is 1.36 bits per heavy atom. The Morgan fingerprint density at radius 3 is 2.89 bits per heavy atom. The van der Waals surface area contributed by atoms with Gasteiger partial charge < -0.3 is 10.1 Å². The molecule has 3 rings (SSSR count). The highest BCUT2D eigenvalue weighted by atomic mass is 35.5. The van der Waals surface area contributed by atoms with Crippen LogP contribution in [0.4, 0.5) is 9.39 Å². The number of anilines is 1. The maximum absolute atomic E-state index is 13.7. The molecule has 5 nitrogen and oxygen atoms in total. The van der Waals surface area contributed by atoms with Gasteiger partial charge in [0.1, 0.15) is 0 Å². The van der Waals surface area contributed by atoms with Crippen LogP contribution in [0.2, 0.25) is 5.02 Å². The van der Waals surface area contributed by atoms with Crippen molar-refractivity contribution < 1.29 is 13.9 Å². The Labute approximate surface area is 170 Å². The van der Waals surface area contributed by atoms with Crippen molar-refractivity contribution in [2.45, 2.75) is 0 Å². The molecule has 0 fully saturated rings. The van der Waals surface area contributed by atoms with Crippen molar-refractivity contribution in [1.29, 1.82) is 0 Å². The minimum atomic E-state index is -0.680. The second kappa shape index (κ2) is 8.77. The van der Waals surface area contributed by atoms with Gasteiger partial charge in [-0.1, -0.05) is 18.2 Å². The molecule has 0 aliphatic rings. The van der Waals surface area contributed by atoms with E-state index in [9.17, 15) is 9.18 Å². The first-order chi connectivity index (χ1) is 13.5. The molecular formula is C20H15ClFN3O2S. The number of aliphatic imine (C=N–C) groups is 1. The van der Waals surface area contributed by atoms with Crippen molar-refractivity contribution in [3.63, 3.8) is 0 Å². The lowest BCUT2D eigenvalue weighted by molar-refractivity contribution is 0.102. The van der Waals surface area contributed by atoms with Crippen LogP contribution in [-0.2, 0) is 4.74 Å². The molecular weight excluding hydrogens is 401 g/mol. The first kappa shape index (κ1) is 19.7. The number of aromatic nitrogens is 1. The number of hydrogen-bond donors (Lipinski definition) is 1. The second-order valence-electron chi connectivity index (χ2n) is 5.48. The monoisotopic (exact) mass is 415 g/mol. The number of carbonyl (C=O) groups is 1. The second-order valence-corrected chi connectivity index (χ2v) is 6.97. The molecule has 1 amide bonds. The highest BCUT2D eigenvalue weighted by Crippen LogP contribution is 2.36. The van der Waals surface area contributed by atoms with E-state index in [0.29, 0.717) is 15.9 Å². The summed E-state index contributed by atoms with van der Waals surface area (Å²) in [4.78, 5) is 20.8. The predicted octanol–water partition coefficient (Wildman–Crippen LogP) is 5.39. The molecule has 0 radical (unpaired) electrons. The van der Waals surface area contributed by atoms with Gasteiger partial charge >= 0.3 is 0 Å². The van der Waals surface area contributed by atoms with Crippen LogP contribution in [-0.4, -0.2) is 23.8 Å². The number of amides is 1. The van der Waals surface area contributed by atoms with E-state index in [-0.39, 0.29) is 5.56 Å². The van der Waals surface area contributed by atoms with Crippen molar-refractivity contribution in [3.8, 4) is 10.4 Å². The summed E-state index contributed by atoms with van der Waals surface area (Å²) in [6, 6.07) is 10.3. The average molecular weight is 416 g/mol. The molecule has 0 unspecified atom stereocenters. The van der Waals surface area contributed by atoms with Crippen LogP contribution in [0.3, 0.4) is 0 Å². The molecule has 0 atom stereocenters. The van der Waals surface area contributed by atoms with Crippen LogP contribution < -0.4 is 5.32 Å². The largest absolute Gasteiger partial charge is 0.447 e. The van der Waals surface area contributed by atoms with Gasteiger partial charge in [-0.25, -0.2) is 4.39 Å². The topological polar surface area (TPSA) is 63.6 Å². The standard InChI is InChI=1S/C20H15ClFN3O2S/c1-3-27-20(23-2)12-4-5-15(21)14(10-12)17-6-7-18(28-17)25-19(26)13-8-9-24-11-16(13)22/h3-11H,1H2,2H3,(H,25,26). The number of rotatable bonds is 5. The molecule has 142 valence electrons. The highest BCUT2D eigenvalue weighted by Gasteiger charge is 2.15. The number of carbonyl (C=O) groups excluding carboxylic acids is 1. The molecule has 2 heterocycles. The molecule has 1 N–H and O–H groups in total. The van der Waals surface area contributed by atoms with Crippen LogP contribution >= 0.6 is 22.9 Å². The van der Waals surface area contributed by atoms with Crippen LogP contribution in [0.15, 0.2) is 66.6 Å². The Kier molecular flexibility index (Phi) is 6.18. The zero-order valence-corrected chi connectivity index (χ0v) is 16.4. The lowest BCUT2D eigenvalue weighted by Gasteiger charge is -2.08. The van der Waals surface area contributed by atoms with Crippen molar-refractivity contribution >= 4 is 39.7 Å². The first-order valence-corrected chi connectivity index (χ1v) is 9.28. The van der Waals surface area contributed by atoms with Gasteiger partial charge in [-0.05, 0) is 36.4 Å². The summed E-state index contributed by atoms with van der Waals surface area (Å²) in [5.41, 5.74) is 1.42. The fraction of sp³-hybridized carbons (Fsp3) is 0.0500. The Balaban J connectivity index is 1.87. The summed E-state index contributed by atoms with van der Waals surface area (Å²) in [6.45, 7) is 3.54. The molecule has 1 aromatic carbocycles. The lowest BCUT2D eigenvalue weighted by Crippen LogP contribution is -2.12. The summed E-state index contributed by atoms with van der Waals surface area (Å²) >= 11 is 7.66. The van der Waals surface area contributed by atoms with Gasteiger partial charge in [0.15, 0.2) is 5.82 Å². The minimum Gasteiger partial charge on any atom is -0.447 e. The van der Waals surface area contributed by atoms with Crippen LogP contribution in [0.25, 0.3) is 10.4 Å². The number of ether oxygens (including phenoxy) is 1. The SMILES string of the molecule is C=COC(=NC)c1ccc(Cl)c(-c2ccc(NC(=O)c3ccncc3F)s2)c1. The summed E-state index contributed by atoms with van der Waals surface area (Å²) < 4.78 is 19.0. The van der Waals surface area contributed by atoms with E-state index in [1.165, 1.54) is 29.9 Å². The molecule has 28 heavy (non-hydrogen) atoms. The van der Waals surface area contributed by atoms with Crippen LogP contribution in [0.5, 0.6) is 0 Å². The third-order valence-electron chi connectivity index (χ3n) is 3.74. The maximum Gasteiger partial charge on any atom is 0.259 e. The van der Waals surface area contributed by atoms with Gasteiger partial charge in [0.05, 0.1) is 23.0 Å². The van der Waals surface area contributed by atoms with Crippen molar-refractivity contribution in [2.75, 3.05) is 12.4 Å². The third kappa shape index (κ3) is 4.27. The minimum absolute atomic E-state index is 0.0737. The Bertz CT molecular complexity index is 1070. The van der Waals surface area contributed by atoms with E-state index in [1.807, 2.05) is 12.1 Å². The fourth-order valence-corrected chi connectivity index (χ4v) is 3.67. The quantitative estimate of drug-likeness (QED) is 0.345. The van der Waals surface area contributed by atoms with E-state index in [0.717, 1.165) is 22.2 Å². The van der Waals surface area contributed by atoms with Gasteiger partial charge in [0.2, 0.25) is 5.90 Å². The van der Waals surface area contributed by atoms with Crippen molar-refractivity contribution in [2.24, 2.45) is 4.99 Å². The van der Waals surface area contributed by atoms with Crippen LogP contribution in [0.1, 0.15) is 15.9 Å². The number of benzene rings is 1. The number of halogens is 2. The lowest BCUT2D eigenvalue weighted by atomic mass is 10.1. The number of pyridine rings is 1. The van der Waals surface area contributed by atoms with Gasteiger partial charge in [0.25, 0.3) is 5.91 Å². The third-order valence-corrected chi connectivity index (χ3v) is 5.10. The van der Waals surface area contributed by atoms with Gasteiger partial charge in [-0.2, -0.15) is 0 Å². The van der Waals surface area contributed by atoms with E-state index < -0.39 is 11.7 Å². The number of nitrogens with zero attached hydrogens (tertiary/aromatic N) is 2. The average Bonchev–Trinajstić information content (AvgIpc) is 3.15. The predicted molar refractivity (Wildman–Crippen MR) is 111 cm³/mol.